The van der Waals surface area contributed by atoms with Gasteiger partial charge < -0.3 is 15.0 Å². The predicted octanol–water partition coefficient (Wildman–Crippen LogP) is 5.02. The molecule has 2 amide bonds. The number of benzene rings is 2. The van der Waals surface area contributed by atoms with Crippen molar-refractivity contribution in [3.8, 4) is 5.75 Å². The molecule has 40 heavy (non-hydrogen) atoms. The summed E-state index contributed by atoms with van der Waals surface area (Å²) in [4.78, 5) is 29.0. The lowest BCUT2D eigenvalue weighted by atomic mass is 9.87. The van der Waals surface area contributed by atoms with Gasteiger partial charge in [0.15, 0.2) is 0 Å². The Labute approximate surface area is 240 Å². The van der Waals surface area contributed by atoms with E-state index in [-0.39, 0.29) is 23.9 Å². The van der Waals surface area contributed by atoms with Crippen molar-refractivity contribution in [3.05, 3.63) is 59.7 Å². The van der Waals surface area contributed by atoms with Crippen LogP contribution in [0.4, 0.5) is 5.69 Å². The SMILES string of the molecule is CCC(C(=O)NC1CCCCC1)N(Cc1cccc(OC)c1)C(=O)CN(c1ccc(C(C)(C)C)cc1)S(C)(=O)=O. The molecule has 2 aromatic carbocycles. The van der Waals surface area contributed by atoms with Crippen molar-refractivity contribution in [2.45, 2.75) is 90.3 Å². The lowest BCUT2D eigenvalue weighted by Gasteiger charge is -2.34. The van der Waals surface area contributed by atoms with Crippen molar-refractivity contribution in [1.82, 2.24) is 10.2 Å². The fourth-order valence-corrected chi connectivity index (χ4v) is 6.02. The molecule has 0 heterocycles. The lowest BCUT2D eigenvalue weighted by Crippen LogP contribution is -2.53. The van der Waals surface area contributed by atoms with Gasteiger partial charge in [0.1, 0.15) is 18.3 Å². The lowest BCUT2D eigenvalue weighted by molar-refractivity contribution is -0.140. The third kappa shape index (κ3) is 8.46. The highest BCUT2D eigenvalue weighted by molar-refractivity contribution is 7.92. The average molecular weight is 572 g/mol. The number of rotatable bonds is 11. The Hall–Kier alpha value is -3.07. The third-order valence-corrected chi connectivity index (χ3v) is 8.67. The minimum atomic E-state index is -3.79. The van der Waals surface area contributed by atoms with E-state index in [9.17, 15) is 18.0 Å². The maximum Gasteiger partial charge on any atom is 0.244 e. The highest BCUT2D eigenvalue weighted by Crippen LogP contribution is 2.27. The van der Waals surface area contributed by atoms with Gasteiger partial charge in [-0.3, -0.25) is 13.9 Å². The molecule has 1 aliphatic carbocycles. The summed E-state index contributed by atoms with van der Waals surface area (Å²) in [6.07, 6.45) is 6.67. The zero-order valence-electron chi connectivity index (χ0n) is 24.8. The van der Waals surface area contributed by atoms with Crippen LogP contribution >= 0.6 is 0 Å². The number of hydrogen-bond donors (Lipinski definition) is 1. The first-order chi connectivity index (χ1) is 18.8. The maximum atomic E-state index is 14.0. The van der Waals surface area contributed by atoms with Crippen LogP contribution < -0.4 is 14.4 Å². The second-order valence-corrected chi connectivity index (χ2v) is 13.6. The van der Waals surface area contributed by atoms with Crippen LogP contribution in [-0.2, 0) is 31.6 Å². The quantitative estimate of drug-likeness (QED) is 0.409. The molecule has 9 heteroatoms. The van der Waals surface area contributed by atoms with Gasteiger partial charge in [-0.15, -0.1) is 0 Å². The van der Waals surface area contributed by atoms with E-state index in [0.717, 1.165) is 47.4 Å². The highest BCUT2D eigenvalue weighted by atomic mass is 32.2. The number of ether oxygens (including phenoxy) is 1. The topological polar surface area (TPSA) is 96.0 Å². The number of carbonyl (C=O) groups is 2. The second-order valence-electron chi connectivity index (χ2n) is 11.7. The standard InChI is InChI=1S/C31H45N3O5S/c1-7-28(30(36)32-25-13-9-8-10-14-25)33(21-23-12-11-15-27(20-23)39-5)29(35)22-34(40(6,37)38)26-18-16-24(17-19-26)31(2,3)4/h11-12,15-20,25,28H,7-10,13-14,21-22H2,1-6H3,(H,32,36). The summed E-state index contributed by atoms with van der Waals surface area (Å²) in [5.41, 5.74) is 2.15. The molecule has 2 aromatic rings. The fraction of sp³-hybridized carbons (Fsp3) is 0.548. The average Bonchev–Trinajstić information content (AvgIpc) is 2.91. The number of sulfonamides is 1. The van der Waals surface area contributed by atoms with Gasteiger partial charge in [0.25, 0.3) is 0 Å². The maximum absolute atomic E-state index is 14.0. The van der Waals surface area contributed by atoms with Gasteiger partial charge in [0.05, 0.1) is 19.1 Å². The smallest absolute Gasteiger partial charge is 0.244 e. The molecule has 1 N–H and O–H groups in total. The zero-order chi connectivity index (χ0) is 29.5. The van der Waals surface area contributed by atoms with Crippen molar-refractivity contribution in [2.24, 2.45) is 0 Å². The van der Waals surface area contributed by atoms with E-state index in [0.29, 0.717) is 17.9 Å². The summed E-state index contributed by atoms with van der Waals surface area (Å²) in [5.74, 6) is -0.00817. The summed E-state index contributed by atoms with van der Waals surface area (Å²) in [6.45, 7) is 7.85. The summed E-state index contributed by atoms with van der Waals surface area (Å²) >= 11 is 0. The van der Waals surface area contributed by atoms with E-state index in [2.05, 4.69) is 26.1 Å². The van der Waals surface area contributed by atoms with E-state index in [4.69, 9.17) is 4.74 Å². The Morgan fingerprint density at radius 2 is 1.70 bits per heavy atom. The zero-order valence-corrected chi connectivity index (χ0v) is 25.6. The number of nitrogens with one attached hydrogen (secondary N) is 1. The minimum absolute atomic E-state index is 0.0953. The molecule has 0 spiro atoms. The molecule has 0 saturated heterocycles. The number of amides is 2. The molecule has 1 saturated carbocycles. The fourth-order valence-electron chi connectivity index (χ4n) is 5.17. The summed E-state index contributed by atoms with van der Waals surface area (Å²) in [5, 5.41) is 3.16. The van der Waals surface area contributed by atoms with Crippen LogP contribution in [0.25, 0.3) is 0 Å². The van der Waals surface area contributed by atoms with Gasteiger partial charge in [-0.25, -0.2) is 8.42 Å². The number of carbonyl (C=O) groups excluding carboxylic acids is 2. The second kappa shape index (κ2) is 13.5. The monoisotopic (exact) mass is 571 g/mol. The largest absolute Gasteiger partial charge is 0.497 e. The molecule has 1 aliphatic rings. The van der Waals surface area contributed by atoms with Crippen LogP contribution in [0.5, 0.6) is 5.75 Å². The van der Waals surface area contributed by atoms with Crippen LogP contribution in [0, 0.1) is 0 Å². The van der Waals surface area contributed by atoms with Crippen LogP contribution in [0.15, 0.2) is 48.5 Å². The Bertz CT molecular complexity index is 1250. The van der Waals surface area contributed by atoms with Crippen molar-refractivity contribution in [3.63, 3.8) is 0 Å². The molecule has 1 fully saturated rings. The van der Waals surface area contributed by atoms with E-state index >= 15 is 0 Å². The minimum Gasteiger partial charge on any atom is -0.497 e. The number of hydrogen-bond acceptors (Lipinski definition) is 5. The molecule has 8 nitrogen and oxygen atoms in total. The van der Waals surface area contributed by atoms with Gasteiger partial charge in [0, 0.05) is 12.6 Å². The predicted molar refractivity (Wildman–Crippen MR) is 160 cm³/mol. The van der Waals surface area contributed by atoms with E-state index in [1.807, 2.05) is 43.3 Å². The van der Waals surface area contributed by atoms with Gasteiger partial charge in [-0.2, -0.15) is 0 Å². The molecule has 220 valence electrons. The van der Waals surface area contributed by atoms with E-state index in [1.165, 1.54) is 11.3 Å². The molecule has 0 aromatic heterocycles. The number of methoxy groups -OCH3 is 1. The van der Waals surface area contributed by atoms with Crippen molar-refractivity contribution in [2.75, 3.05) is 24.2 Å². The molecule has 0 aliphatic heterocycles. The van der Waals surface area contributed by atoms with Crippen LogP contribution in [0.1, 0.15) is 77.3 Å². The Morgan fingerprint density at radius 3 is 2.25 bits per heavy atom. The summed E-state index contributed by atoms with van der Waals surface area (Å²) in [7, 11) is -2.22. The van der Waals surface area contributed by atoms with Crippen molar-refractivity contribution in [1.29, 1.82) is 0 Å². The van der Waals surface area contributed by atoms with Gasteiger partial charge in [-0.1, -0.05) is 71.2 Å². The molecule has 0 bridgehead atoms. The van der Waals surface area contributed by atoms with E-state index in [1.54, 1.807) is 19.2 Å². The molecule has 1 atom stereocenters. The highest BCUT2D eigenvalue weighted by Gasteiger charge is 2.33. The first-order valence-electron chi connectivity index (χ1n) is 14.1. The van der Waals surface area contributed by atoms with E-state index < -0.39 is 28.5 Å². The molecular weight excluding hydrogens is 526 g/mol. The van der Waals surface area contributed by atoms with Crippen molar-refractivity contribution >= 4 is 27.5 Å². The Balaban J connectivity index is 1.93. The Morgan fingerprint density at radius 1 is 1.05 bits per heavy atom. The van der Waals surface area contributed by atoms with Gasteiger partial charge >= 0.3 is 0 Å². The van der Waals surface area contributed by atoms with Crippen molar-refractivity contribution < 1.29 is 22.7 Å². The third-order valence-electron chi connectivity index (χ3n) is 7.53. The number of nitrogens with zero attached hydrogens (tertiary/aromatic N) is 2. The first-order valence-corrected chi connectivity index (χ1v) is 16.0. The summed E-state index contributed by atoms with van der Waals surface area (Å²) in [6, 6.07) is 13.9. The number of anilines is 1. The normalized spacial score (nSPS) is 15.2. The van der Waals surface area contributed by atoms with Crippen LogP contribution in [0.3, 0.4) is 0 Å². The summed E-state index contributed by atoms with van der Waals surface area (Å²) < 4.78 is 32.3. The first kappa shape index (κ1) is 31.5. The van der Waals surface area contributed by atoms with Crippen LogP contribution in [0.2, 0.25) is 0 Å². The van der Waals surface area contributed by atoms with Crippen LogP contribution in [-0.4, -0.2) is 57.1 Å². The molecular formula is C31H45N3O5S. The molecule has 0 radical (unpaired) electrons. The Kier molecular flexibility index (Phi) is 10.6. The van der Waals surface area contributed by atoms with Gasteiger partial charge in [-0.05, 0) is 60.1 Å². The molecule has 1 unspecified atom stereocenters. The van der Waals surface area contributed by atoms with Gasteiger partial charge in [0.2, 0.25) is 21.8 Å². The molecule has 3 rings (SSSR count).